The molecule has 1 nitrogen and oxygen atoms in total. The second-order valence-corrected chi connectivity index (χ2v) is 2.89. The predicted molar refractivity (Wildman–Crippen MR) is 41.7 cm³/mol. The molecule has 0 saturated carbocycles. The molecule has 2 heteroatoms. The standard InChI is InChI=1S/C7H11NS/c1-2-8-6-7-4-3-5-9-7/h3-5,8H,2,6H2,1H3. The maximum Gasteiger partial charge on any atom is 0.0299 e. The molecule has 1 aromatic heterocycles. The number of hydrogen-bond donors (Lipinski definition) is 1. The third-order valence-electron chi connectivity index (χ3n) is 1.13. The summed E-state index contributed by atoms with van der Waals surface area (Å²) in [5.74, 6) is 0. The van der Waals surface area contributed by atoms with E-state index in [0.29, 0.717) is 0 Å². The van der Waals surface area contributed by atoms with Gasteiger partial charge in [0.1, 0.15) is 0 Å². The molecule has 1 rings (SSSR count). The Hall–Kier alpha value is -0.340. The Balaban J connectivity index is 2.30. The first kappa shape index (κ1) is 6.78. The average molecular weight is 141 g/mol. The van der Waals surface area contributed by atoms with Crippen molar-refractivity contribution in [3.05, 3.63) is 22.4 Å². The molecule has 0 aliphatic heterocycles. The van der Waals surface area contributed by atoms with Crippen molar-refractivity contribution in [3.63, 3.8) is 0 Å². The van der Waals surface area contributed by atoms with Gasteiger partial charge in [-0.15, -0.1) is 11.3 Å². The monoisotopic (exact) mass is 141 g/mol. The number of rotatable bonds is 3. The summed E-state index contributed by atoms with van der Waals surface area (Å²) in [6.07, 6.45) is 0. The minimum Gasteiger partial charge on any atom is -0.312 e. The molecule has 0 bridgehead atoms. The van der Waals surface area contributed by atoms with Crippen molar-refractivity contribution in [1.82, 2.24) is 5.32 Å². The highest BCUT2D eigenvalue weighted by Gasteiger charge is 1.88. The molecule has 0 fully saturated rings. The quantitative estimate of drug-likeness (QED) is 0.677. The van der Waals surface area contributed by atoms with Gasteiger partial charge in [0.05, 0.1) is 0 Å². The van der Waals surface area contributed by atoms with E-state index in [1.807, 2.05) is 0 Å². The fraction of sp³-hybridized carbons (Fsp3) is 0.429. The maximum absolute atomic E-state index is 3.26. The van der Waals surface area contributed by atoms with E-state index < -0.39 is 0 Å². The molecule has 1 aromatic rings. The van der Waals surface area contributed by atoms with Crippen molar-refractivity contribution in [1.29, 1.82) is 0 Å². The summed E-state index contributed by atoms with van der Waals surface area (Å²) in [6.45, 7) is 4.19. The molecule has 50 valence electrons. The van der Waals surface area contributed by atoms with Gasteiger partial charge in [0, 0.05) is 11.4 Å². The summed E-state index contributed by atoms with van der Waals surface area (Å²) in [6, 6.07) is 4.23. The van der Waals surface area contributed by atoms with Crippen LogP contribution in [0.25, 0.3) is 0 Å². The summed E-state index contributed by atoms with van der Waals surface area (Å²) in [5.41, 5.74) is 0. The van der Waals surface area contributed by atoms with E-state index in [1.165, 1.54) is 4.88 Å². The van der Waals surface area contributed by atoms with Crippen molar-refractivity contribution in [2.45, 2.75) is 13.5 Å². The minimum atomic E-state index is 1.02. The third-order valence-corrected chi connectivity index (χ3v) is 2.01. The van der Waals surface area contributed by atoms with Crippen molar-refractivity contribution in [2.24, 2.45) is 0 Å². The maximum atomic E-state index is 3.26. The zero-order valence-electron chi connectivity index (χ0n) is 5.55. The normalized spacial score (nSPS) is 9.89. The van der Waals surface area contributed by atoms with Crippen LogP contribution in [0.2, 0.25) is 0 Å². The summed E-state index contributed by atoms with van der Waals surface area (Å²) in [5, 5.41) is 5.36. The fourth-order valence-electron chi connectivity index (χ4n) is 0.661. The second-order valence-electron chi connectivity index (χ2n) is 1.86. The van der Waals surface area contributed by atoms with Gasteiger partial charge in [-0.3, -0.25) is 0 Å². The highest BCUT2D eigenvalue weighted by molar-refractivity contribution is 7.09. The van der Waals surface area contributed by atoms with Crippen LogP contribution < -0.4 is 5.32 Å². The van der Waals surface area contributed by atoms with E-state index in [4.69, 9.17) is 0 Å². The first-order valence-electron chi connectivity index (χ1n) is 3.16. The van der Waals surface area contributed by atoms with Crippen LogP contribution in [0.3, 0.4) is 0 Å². The van der Waals surface area contributed by atoms with Gasteiger partial charge in [-0.25, -0.2) is 0 Å². The Morgan fingerprint density at radius 3 is 3.11 bits per heavy atom. The van der Waals surface area contributed by atoms with E-state index in [-0.39, 0.29) is 0 Å². The Bertz CT molecular complexity index is 146. The average Bonchev–Trinajstić information content (AvgIpc) is 2.34. The van der Waals surface area contributed by atoms with Crippen LogP contribution in [-0.4, -0.2) is 6.54 Å². The van der Waals surface area contributed by atoms with Gasteiger partial charge in [-0.1, -0.05) is 13.0 Å². The van der Waals surface area contributed by atoms with Crippen molar-refractivity contribution < 1.29 is 0 Å². The number of nitrogens with one attached hydrogen (secondary N) is 1. The molecule has 0 aliphatic rings. The molecule has 9 heavy (non-hydrogen) atoms. The first-order chi connectivity index (χ1) is 4.43. The number of thiophene rings is 1. The largest absolute Gasteiger partial charge is 0.312 e. The van der Waals surface area contributed by atoms with Crippen LogP contribution >= 0.6 is 11.3 Å². The molecular formula is C7H11NS. The fourth-order valence-corrected chi connectivity index (χ4v) is 1.34. The van der Waals surface area contributed by atoms with Gasteiger partial charge < -0.3 is 5.32 Å². The molecule has 1 heterocycles. The zero-order chi connectivity index (χ0) is 6.53. The van der Waals surface area contributed by atoms with Crippen LogP contribution in [0.15, 0.2) is 17.5 Å². The van der Waals surface area contributed by atoms with Gasteiger partial charge in [0.15, 0.2) is 0 Å². The summed E-state index contributed by atoms with van der Waals surface area (Å²) in [7, 11) is 0. The molecule has 1 N–H and O–H groups in total. The van der Waals surface area contributed by atoms with Crippen molar-refractivity contribution >= 4 is 11.3 Å². The highest BCUT2D eigenvalue weighted by Crippen LogP contribution is 2.06. The van der Waals surface area contributed by atoms with Crippen LogP contribution in [0, 0.1) is 0 Å². The Labute approximate surface area is 59.7 Å². The molecule has 0 radical (unpaired) electrons. The van der Waals surface area contributed by atoms with Gasteiger partial charge >= 0.3 is 0 Å². The lowest BCUT2D eigenvalue weighted by atomic mass is 10.4. The van der Waals surface area contributed by atoms with Crippen LogP contribution in [0.4, 0.5) is 0 Å². The van der Waals surface area contributed by atoms with Gasteiger partial charge in [-0.05, 0) is 18.0 Å². The lowest BCUT2D eigenvalue weighted by molar-refractivity contribution is 0.735. The predicted octanol–water partition coefficient (Wildman–Crippen LogP) is 1.86. The molecule has 0 atom stereocenters. The minimum absolute atomic E-state index is 1.02. The van der Waals surface area contributed by atoms with Crippen molar-refractivity contribution in [2.75, 3.05) is 6.54 Å². The molecule has 0 unspecified atom stereocenters. The molecular weight excluding hydrogens is 130 g/mol. The van der Waals surface area contributed by atoms with E-state index >= 15 is 0 Å². The smallest absolute Gasteiger partial charge is 0.0299 e. The summed E-state index contributed by atoms with van der Waals surface area (Å²) in [4.78, 5) is 1.41. The van der Waals surface area contributed by atoms with Crippen LogP contribution in [0.1, 0.15) is 11.8 Å². The molecule has 0 amide bonds. The Morgan fingerprint density at radius 1 is 1.67 bits per heavy atom. The number of hydrogen-bond acceptors (Lipinski definition) is 2. The lowest BCUT2D eigenvalue weighted by Crippen LogP contribution is -2.10. The van der Waals surface area contributed by atoms with Crippen LogP contribution in [-0.2, 0) is 6.54 Å². The molecule has 0 saturated heterocycles. The van der Waals surface area contributed by atoms with E-state index in [1.54, 1.807) is 11.3 Å². The molecule has 0 aromatic carbocycles. The topological polar surface area (TPSA) is 12.0 Å². The first-order valence-corrected chi connectivity index (χ1v) is 4.04. The zero-order valence-corrected chi connectivity index (χ0v) is 6.37. The van der Waals surface area contributed by atoms with Gasteiger partial charge in [0.2, 0.25) is 0 Å². The van der Waals surface area contributed by atoms with Gasteiger partial charge in [0.25, 0.3) is 0 Å². The second kappa shape index (κ2) is 3.64. The Kier molecular flexibility index (Phi) is 2.74. The summed E-state index contributed by atoms with van der Waals surface area (Å²) < 4.78 is 0. The van der Waals surface area contributed by atoms with E-state index in [9.17, 15) is 0 Å². The van der Waals surface area contributed by atoms with Crippen molar-refractivity contribution in [3.8, 4) is 0 Å². The molecule has 0 aliphatic carbocycles. The van der Waals surface area contributed by atoms with Gasteiger partial charge in [-0.2, -0.15) is 0 Å². The highest BCUT2D eigenvalue weighted by atomic mass is 32.1. The SMILES string of the molecule is CCNCc1cccs1. The van der Waals surface area contributed by atoms with E-state index in [0.717, 1.165) is 13.1 Å². The Morgan fingerprint density at radius 2 is 2.56 bits per heavy atom. The lowest BCUT2D eigenvalue weighted by Gasteiger charge is -1.94. The summed E-state index contributed by atoms with van der Waals surface area (Å²) >= 11 is 1.80. The van der Waals surface area contributed by atoms with Crippen LogP contribution in [0.5, 0.6) is 0 Å². The van der Waals surface area contributed by atoms with E-state index in [2.05, 4.69) is 29.8 Å². The molecule has 0 spiro atoms. The third kappa shape index (κ3) is 2.16.